The van der Waals surface area contributed by atoms with E-state index < -0.39 is 12.0 Å². The Morgan fingerprint density at radius 2 is 1.95 bits per heavy atom. The van der Waals surface area contributed by atoms with Gasteiger partial charge in [0.05, 0.1) is 18.0 Å². The highest BCUT2D eigenvalue weighted by Crippen LogP contribution is 2.20. The fourth-order valence-corrected chi connectivity index (χ4v) is 2.12. The topological polar surface area (TPSA) is 79.3 Å². The highest BCUT2D eigenvalue weighted by molar-refractivity contribution is 9.10. The number of nitrogens with zero attached hydrogens (tertiary/aromatic N) is 1. The lowest BCUT2D eigenvalue weighted by molar-refractivity contribution is -0.137. The van der Waals surface area contributed by atoms with E-state index in [2.05, 4.69) is 26.2 Å². The molecular formula is C15H13BrN2O3. The summed E-state index contributed by atoms with van der Waals surface area (Å²) in [5, 5.41) is 11.7. The fraction of sp³-hybridized carbons (Fsp3) is 0.133. The van der Waals surface area contributed by atoms with E-state index in [0.29, 0.717) is 5.56 Å². The molecule has 6 heteroatoms. The van der Waals surface area contributed by atoms with Gasteiger partial charge in [-0.25, -0.2) is 0 Å². The first kappa shape index (κ1) is 15.2. The van der Waals surface area contributed by atoms with Crippen LogP contribution in [0.3, 0.4) is 0 Å². The van der Waals surface area contributed by atoms with Crippen molar-refractivity contribution in [1.29, 1.82) is 0 Å². The van der Waals surface area contributed by atoms with Crippen LogP contribution in [0, 0.1) is 0 Å². The van der Waals surface area contributed by atoms with Crippen LogP contribution in [-0.4, -0.2) is 22.0 Å². The third-order valence-electron chi connectivity index (χ3n) is 2.88. The van der Waals surface area contributed by atoms with E-state index in [4.69, 9.17) is 5.11 Å². The Balaban J connectivity index is 2.18. The second-order valence-electron chi connectivity index (χ2n) is 4.42. The summed E-state index contributed by atoms with van der Waals surface area (Å²) in [5.74, 6) is -1.33. The van der Waals surface area contributed by atoms with E-state index in [0.717, 1.165) is 10.0 Å². The van der Waals surface area contributed by atoms with E-state index >= 15 is 0 Å². The number of halogens is 1. The average molecular weight is 349 g/mol. The van der Waals surface area contributed by atoms with E-state index in [1.165, 1.54) is 6.20 Å². The molecule has 0 fully saturated rings. The number of carbonyl (C=O) groups excluding carboxylic acids is 1. The summed E-state index contributed by atoms with van der Waals surface area (Å²) in [5.41, 5.74) is 1.13. The van der Waals surface area contributed by atoms with Crippen molar-refractivity contribution in [2.24, 2.45) is 0 Å². The predicted octanol–water partition coefficient (Wildman–Crippen LogP) is 2.79. The standard InChI is InChI=1S/C15H13BrN2O3/c16-12-5-3-10(4-6-12)13(8-14(19)20)18-15(21)11-2-1-7-17-9-11/h1-7,9,13H,8H2,(H,18,21)(H,19,20). The number of aliphatic carboxylic acids is 1. The van der Waals surface area contributed by atoms with Crippen LogP contribution < -0.4 is 5.32 Å². The van der Waals surface area contributed by atoms with Crippen LogP contribution in [0.4, 0.5) is 0 Å². The zero-order chi connectivity index (χ0) is 15.2. The van der Waals surface area contributed by atoms with Gasteiger partial charge in [0.25, 0.3) is 5.91 Å². The third kappa shape index (κ3) is 4.39. The highest BCUT2D eigenvalue weighted by atomic mass is 79.9. The van der Waals surface area contributed by atoms with Gasteiger partial charge in [-0.05, 0) is 29.8 Å². The Bertz CT molecular complexity index is 629. The number of aromatic nitrogens is 1. The molecule has 2 N–H and O–H groups in total. The number of hydrogen-bond donors (Lipinski definition) is 2. The summed E-state index contributed by atoms with van der Waals surface area (Å²) < 4.78 is 0.888. The first-order chi connectivity index (χ1) is 10.1. The molecule has 0 aliphatic rings. The normalized spacial score (nSPS) is 11.7. The minimum Gasteiger partial charge on any atom is -0.481 e. The smallest absolute Gasteiger partial charge is 0.305 e. The average Bonchev–Trinajstić information content (AvgIpc) is 2.48. The van der Waals surface area contributed by atoms with Gasteiger partial charge in [-0.2, -0.15) is 0 Å². The summed E-state index contributed by atoms with van der Waals surface area (Å²) in [4.78, 5) is 27.0. The molecule has 0 saturated heterocycles. The number of carbonyl (C=O) groups is 2. The lowest BCUT2D eigenvalue weighted by Crippen LogP contribution is -2.30. The highest BCUT2D eigenvalue weighted by Gasteiger charge is 2.18. The third-order valence-corrected chi connectivity index (χ3v) is 3.41. The summed E-state index contributed by atoms with van der Waals surface area (Å²) in [6.45, 7) is 0. The van der Waals surface area contributed by atoms with Gasteiger partial charge >= 0.3 is 5.97 Å². The molecule has 1 unspecified atom stereocenters. The number of pyridine rings is 1. The molecule has 1 heterocycles. The Morgan fingerprint density at radius 1 is 1.24 bits per heavy atom. The Labute approximate surface area is 130 Å². The first-order valence-corrected chi connectivity index (χ1v) is 7.03. The summed E-state index contributed by atoms with van der Waals surface area (Å²) in [7, 11) is 0. The molecular weight excluding hydrogens is 336 g/mol. The molecule has 21 heavy (non-hydrogen) atoms. The molecule has 0 aliphatic carbocycles. The van der Waals surface area contributed by atoms with Gasteiger partial charge in [-0.3, -0.25) is 14.6 Å². The summed E-state index contributed by atoms with van der Waals surface area (Å²) >= 11 is 3.32. The fourth-order valence-electron chi connectivity index (χ4n) is 1.86. The van der Waals surface area contributed by atoms with E-state index in [1.807, 2.05) is 0 Å². The van der Waals surface area contributed by atoms with Crippen molar-refractivity contribution in [2.45, 2.75) is 12.5 Å². The Morgan fingerprint density at radius 3 is 2.52 bits per heavy atom. The maximum Gasteiger partial charge on any atom is 0.305 e. The maximum absolute atomic E-state index is 12.1. The second kappa shape index (κ2) is 6.99. The summed E-state index contributed by atoms with van der Waals surface area (Å²) in [6, 6.07) is 9.86. The molecule has 0 radical (unpaired) electrons. The van der Waals surface area contributed by atoms with Crippen molar-refractivity contribution in [3.63, 3.8) is 0 Å². The number of carboxylic acids is 1. The number of rotatable bonds is 5. The molecule has 2 rings (SSSR count). The van der Waals surface area contributed by atoms with Crippen LogP contribution in [0.25, 0.3) is 0 Å². The SMILES string of the molecule is O=C(O)CC(NC(=O)c1cccnc1)c1ccc(Br)cc1. The lowest BCUT2D eigenvalue weighted by atomic mass is 10.0. The van der Waals surface area contributed by atoms with Gasteiger partial charge in [0.2, 0.25) is 0 Å². The molecule has 1 atom stereocenters. The van der Waals surface area contributed by atoms with Crippen LogP contribution in [0.2, 0.25) is 0 Å². The van der Waals surface area contributed by atoms with Crippen molar-refractivity contribution in [1.82, 2.24) is 10.3 Å². The van der Waals surface area contributed by atoms with Crippen molar-refractivity contribution in [2.75, 3.05) is 0 Å². The molecule has 2 aromatic rings. The minimum atomic E-state index is -0.977. The van der Waals surface area contributed by atoms with Gasteiger partial charge < -0.3 is 10.4 Å². The van der Waals surface area contributed by atoms with Gasteiger partial charge in [-0.15, -0.1) is 0 Å². The van der Waals surface area contributed by atoms with Crippen molar-refractivity contribution in [3.05, 3.63) is 64.4 Å². The van der Waals surface area contributed by atoms with E-state index in [9.17, 15) is 9.59 Å². The van der Waals surface area contributed by atoms with Gasteiger partial charge in [-0.1, -0.05) is 28.1 Å². The number of benzene rings is 1. The monoisotopic (exact) mass is 348 g/mol. The zero-order valence-electron chi connectivity index (χ0n) is 11.0. The molecule has 0 saturated carbocycles. The lowest BCUT2D eigenvalue weighted by Gasteiger charge is -2.17. The molecule has 0 bridgehead atoms. The quantitative estimate of drug-likeness (QED) is 0.870. The van der Waals surface area contributed by atoms with Crippen LogP contribution in [0.5, 0.6) is 0 Å². The van der Waals surface area contributed by atoms with E-state index in [-0.39, 0.29) is 12.3 Å². The zero-order valence-corrected chi connectivity index (χ0v) is 12.6. The molecule has 1 aromatic heterocycles. The van der Waals surface area contributed by atoms with Gasteiger partial charge in [0.1, 0.15) is 0 Å². The van der Waals surface area contributed by atoms with Crippen LogP contribution in [-0.2, 0) is 4.79 Å². The van der Waals surface area contributed by atoms with Gasteiger partial charge in [0.15, 0.2) is 0 Å². The molecule has 0 aliphatic heterocycles. The number of amides is 1. The maximum atomic E-state index is 12.1. The van der Waals surface area contributed by atoms with Crippen LogP contribution in [0.15, 0.2) is 53.3 Å². The molecule has 108 valence electrons. The number of carboxylic acid groups (broad SMARTS) is 1. The number of nitrogens with one attached hydrogen (secondary N) is 1. The molecule has 1 amide bonds. The second-order valence-corrected chi connectivity index (χ2v) is 5.33. The minimum absolute atomic E-state index is 0.187. The van der Waals surface area contributed by atoms with Crippen LogP contribution in [0.1, 0.15) is 28.4 Å². The van der Waals surface area contributed by atoms with Crippen LogP contribution >= 0.6 is 15.9 Å². The predicted molar refractivity (Wildman–Crippen MR) is 80.8 cm³/mol. The number of hydrogen-bond acceptors (Lipinski definition) is 3. The molecule has 5 nitrogen and oxygen atoms in total. The van der Waals surface area contributed by atoms with Crippen molar-refractivity contribution < 1.29 is 14.7 Å². The largest absolute Gasteiger partial charge is 0.481 e. The van der Waals surface area contributed by atoms with Gasteiger partial charge in [0, 0.05) is 16.9 Å². The summed E-state index contributed by atoms with van der Waals surface area (Å²) in [6.07, 6.45) is 2.82. The molecule has 0 spiro atoms. The molecule has 1 aromatic carbocycles. The van der Waals surface area contributed by atoms with E-state index in [1.54, 1.807) is 42.6 Å². The Kier molecular flexibility index (Phi) is 5.05. The first-order valence-electron chi connectivity index (χ1n) is 6.24. The van der Waals surface area contributed by atoms with Crippen molar-refractivity contribution in [3.8, 4) is 0 Å². The Hall–Kier alpha value is -2.21. The van der Waals surface area contributed by atoms with Crippen molar-refractivity contribution >= 4 is 27.8 Å².